The van der Waals surface area contributed by atoms with Gasteiger partial charge in [-0.3, -0.25) is 0 Å². The van der Waals surface area contributed by atoms with Crippen molar-refractivity contribution in [3.05, 3.63) is 0 Å². The Hall–Kier alpha value is 0.398. The molecule has 4 nitrogen and oxygen atoms in total. The van der Waals surface area contributed by atoms with E-state index in [9.17, 15) is 0 Å². The van der Waals surface area contributed by atoms with E-state index in [4.69, 9.17) is 5.73 Å². The van der Waals surface area contributed by atoms with Gasteiger partial charge in [-0.15, -0.1) is 0 Å². The molecule has 5 heteroatoms. The normalized spacial score (nSPS) is 25.5. The molecule has 0 amide bonds. The van der Waals surface area contributed by atoms with Gasteiger partial charge in [0.25, 0.3) is 0 Å². The molecule has 2 rings (SSSR count). The Kier molecular flexibility index (Phi) is 4.70. The summed E-state index contributed by atoms with van der Waals surface area (Å²) in [7, 11) is 4.07. The third-order valence-corrected chi connectivity index (χ3v) is 3.28. The van der Waals surface area contributed by atoms with Gasteiger partial charge in [-0.1, -0.05) is 6.42 Å². The average molecular weight is 365 g/mol. The molecule has 1 aliphatic carbocycles. The largest absolute Gasteiger partial charge is 0.328 e. The Labute approximate surface area is 90.8 Å². The van der Waals surface area contributed by atoms with Gasteiger partial charge in [-0.25, -0.2) is 0 Å². The number of rotatable bonds is 0. The van der Waals surface area contributed by atoms with Crippen molar-refractivity contribution in [3.8, 4) is 0 Å². The van der Waals surface area contributed by atoms with Gasteiger partial charge in [-0.2, -0.15) is 0 Å². The van der Waals surface area contributed by atoms with Crippen molar-refractivity contribution < 1.29 is 19.4 Å². The van der Waals surface area contributed by atoms with E-state index in [-0.39, 0.29) is 0 Å². The molecule has 1 saturated carbocycles. The smallest absolute Gasteiger partial charge is 0.00388 e. The summed E-state index contributed by atoms with van der Waals surface area (Å²) >= 11 is 2.25. The van der Waals surface area contributed by atoms with Crippen LogP contribution in [0.1, 0.15) is 19.3 Å². The van der Waals surface area contributed by atoms with Crippen LogP contribution >= 0.6 is 0 Å². The molecule has 80 valence electrons. The number of hydrogen-bond donors (Lipinski definition) is 2. The van der Waals surface area contributed by atoms with Crippen LogP contribution in [0.15, 0.2) is 0 Å². The van der Waals surface area contributed by atoms with Crippen LogP contribution < -0.4 is 11.2 Å². The summed E-state index contributed by atoms with van der Waals surface area (Å²) < 4.78 is 1.19. The predicted molar refractivity (Wildman–Crippen MR) is 50.4 cm³/mol. The molecule has 1 aliphatic heterocycles. The molecule has 13 heavy (non-hydrogen) atoms. The molecule has 2 fully saturated rings. The Morgan fingerprint density at radius 3 is 2.08 bits per heavy atom. The minimum absolute atomic E-state index is 0.565. The first-order valence-corrected chi connectivity index (χ1v) is 5.67. The summed E-state index contributed by atoms with van der Waals surface area (Å²) in [6, 6.07) is 0.565. The van der Waals surface area contributed by atoms with E-state index in [1.54, 1.807) is 0 Å². The van der Waals surface area contributed by atoms with Gasteiger partial charge >= 0.3 is 59.6 Å². The van der Waals surface area contributed by atoms with Crippen molar-refractivity contribution in [1.29, 1.82) is 0 Å². The number of nitrogens with two attached hydrogens (primary N) is 1. The predicted octanol–water partition coefficient (Wildman–Crippen LogP) is -0.542. The molecule has 1 saturated heterocycles. The third-order valence-electron chi connectivity index (χ3n) is 2.16. The number of hydrogen-bond acceptors (Lipinski definition) is 4. The summed E-state index contributed by atoms with van der Waals surface area (Å²) in [5.74, 6) is 0. The Morgan fingerprint density at radius 2 is 2.00 bits per heavy atom. The summed E-state index contributed by atoms with van der Waals surface area (Å²) in [6.07, 6.45) is 3.89. The molecule has 0 unspecified atom stereocenters. The van der Waals surface area contributed by atoms with Crippen LogP contribution in [-0.4, -0.2) is 40.9 Å². The second-order valence-electron chi connectivity index (χ2n) is 3.60. The summed E-state index contributed by atoms with van der Waals surface area (Å²) in [5.41, 5.74) is 8.51. The fourth-order valence-electron chi connectivity index (χ4n) is 1.08. The van der Waals surface area contributed by atoms with E-state index < -0.39 is 0 Å². The topological polar surface area (TPSA) is 44.5 Å². The molecular formula is C8H18N4Pt. The number of nitrogens with one attached hydrogen (secondary N) is 1. The van der Waals surface area contributed by atoms with Crippen molar-refractivity contribution in [1.82, 2.24) is 15.3 Å². The van der Waals surface area contributed by atoms with Crippen LogP contribution in [0.4, 0.5) is 0 Å². The van der Waals surface area contributed by atoms with E-state index in [1.165, 1.54) is 23.4 Å². The van der Waals surface area contributed by atoms with Gasteiger partial charge in [0.05, 0.1) is 0 Å². The van der Waals surface area contributed by atoms with Crippen molar-refractivity contribution >= 4 is 4.15 Å². The second kappa shape index (κ2) is 5.32. The molecule has 1 heterocycles. The number of hydrazine groups is 1. The molecule has 0 spiro atoms. The third kappa shape index (κ3) is 3.96. The van der Waals surface area contributed by atoms with E-state index >= 15 is 0 Å². The van der Waals surface area contributed by atoms with Crippen LogP contribution in [0.3, 0.4) is 0 Å². The zero-order valence-corrected chi connectivity index (χ0v) is 10.5. The van der Waals surface area contributed by atoms with Gasteiger partial charge < -0.3 is 5.73 Å². The summed E-state index contributed by atoms with van der Waals surface area (Å²) in [4.78, 5) is 2.14. The van der Waals surface area contributed by atoms with Crippen LogP contribution in [0, 0.1) is 0 Å². The maximum atomic E-state index is 5.38. The monoisotopic (exact) mass is 365 g/mol. The van der Waals surface area contributed by atoms with Crippen LogP contribution in [0.2, 0.25) is 0 Å². The molecule has 2 aliphatic rings. The molecular weight excluding hydrogens is 347 g/mol. The Bertz CT molecular complexity index is 181. The molecule has 0 radical (unpaired) electrons. The van der Waals surface area contributed by atoms with Gasteiger partial charge in [-0.05, 0) is 12.8 Å². The summed E-state index contributed by atoms with van der Waals surface area (Å²) in [6.45, 7) is 0.971. The van der Waals surface area contributed by atoms with E-state index in [0.29, 0.717) is 6.04 Å². The number of nitrogens with zero attached hydrogens (tertiary/aromatic N) is 2. The van der Waals surface area contributed by atoms with Crippen LogP contribution in [0.5, 0.6) is 0 Å². The van der Waals surface area contributed by atoms with Crippen LogP contribution in [0.25, 0.3) is 0 Å². The van der Waals surface area contributed by atoms with Crippen molar-refractivity contribution in [2.24, 2.45) is 5.73 Å². The first-order chi connectivity index (χ1) is 6.09. The molecule has 3 N–H and O–H groups in total. The van der Waals surface area contributed by atoms with Gasteiger partial charge in [0, 0.05) is 6.04 Å². The van der Waals surface area contributed by atoms with Crippen molar-refractivity contribution in [3.63, 3.8) is 0 Å². The summed E-state index contributed by atoms with van der Waals surface area (Å²) in [5, 5.41) is 2.03. The van der Waals surface area contributed by atoms with Crippen molar-refractivity contribution in [2.75, 3.05) is 20.8 Å². The first-order valence-electron chi connectivity index (χ1n) is 4.53. The average Bonchev–Trinajstić information content (AvgIpc) is 2.27. The Balaban J connectivity index is 0.000000145. The molecule has 0 bridgehead atoms. The fourth-order valence-corrected chi connectivity index (χ4v) is 1.68. The minimum atomic E-state index is 0.565. The maximum Gasteiger partial charge on any atom is 0.00388 e. The standard InChI is InChI=1S/C4H9N3.C4H9N.Pt/c1-6-3-5-7(2)4-6;5-4-2-1-3-4;/h5H,4H2,1-2H3;4H,1-3,5H2;. The first kappa shape index (κ1) is 11.5. The van der Waals surface area contributed by atoms with Gasteiger partial charge in [0.1, 0.15) is 0 Å². The SMILES string of the molecule is CN1CN(C)[C](=[Pt])N1.NC1CCC1. The zero-order chi connectivity index (χ0) is 9.84. The van der Waals surface area contributed by atoms with E-state index in [1.807, 2.05) is 12.1 Å². The van der Waals surface area contributed by atoms with E-state index in [2.05, 4.69) is 36.7 Å². The van der Waals surface area contributed by atoms with Crippen LogP contribution in [-0.2, 0) is 19.4 Å². The molecule has 0 aromatic rings. The molecule has 0 aromatic heterocycles. The van der Waals surface area contributed by atoms with E-state index in [0.717, 1.165) is 6.67 Å². The van der Waals surface area contributed by atoms with Crippen molar-refractivity contribution in [2.45, 2.75) is 25.3 Å². The quantitative estimate of drug-likeness (QED) is 0.605. The van der Waals surface area contributed by atoms with Gasteiger partial charge in [0.15, 0.2) is 0 Å². The second-order valence-corrected chi connectivity index (χ2v) is 4.68. The molecule has 0 aromatic carbocycles. The zero-order valence-electron chi connectivity index (χ0n) is 8.19. The molecule has 0 atom stereocenters. The Morgan fingerprint density at radius 1 is 1.46 bits per heavy atom. The fraction of sp³-hybridized carbons (Fsp3) is 0.875. The maximum absolute atomic E-state index is 5.38. The minimum Gasteiger partial charge on any atom is -0.328 e. The van der Waals surface area contributed by atoms with Gasteiger partial charge in [0.2, 0.25) is 0 Å².